The van der Waals surface area contributed by atoms with Crippen LogP contribution in [-0.2, 0) is 10.0 Å². The first kappa shape index (κ1) is 16.5. The van der Waals surface area contributed by atoms with Crippen LogP contribution in [0.1, 0.15) is 59.3 Å². The molecule has 1 saturated carbocycles. The maximum atomic E-state index is 12.1. The molecule has 1 aliphatic carbocycles. The van der Waals surface area contributed by atoms with Crippen LogP contribution in [0.25, 0.3) is 0 Å². The van der Waals surface area contributed by atoms with Crippen molar-refractivity contribution in [2.45, 2.75) is 64.8 Å². The van der Waals surface area contributed by atoms with E-state index in [9.17, 15) is 13.7 Å². The summed E-state index contributed by atoms with van der Waals surface area (Å²) in [6.07, 6.45) is 4.91. The molecule has 1 N–H and O–H groups in total. The summed E-state index contributed by atoms with van der Waals surface area (Å²) in [6.45, 7) is 6.15. The van der Waals surface area contributed by atoms with Crippen molar-refractivity contribution in [2.75, 3.05) is 5.75 Å². The Kier molecular flexibility index (Phi) is 5.82. The molecule has 0 bridgehead atoms. The molecule has 110 valence electrons. The molecule has 0 aromatic heterocycles. The number of hydrogen-bond acceptors (Lipinski definition) is 3. The SMILES string of the molecule is CCC1CCC(C#N)(NS(=O)(=O)CCC(C)C)CC1. The second-order valence-corrected chi connectivity index (χ2v) is 7.99. The van der Waals surface area contributed by atoms with Gasteiger partial charge in [-0.3, -0.25) is 0 Å². The molecule has 0 saturated heterocycles. The summed E-state index contributed by atoms with van der Waals surface area (Å²) in [4.78, 5) is 0. The van der Waals surface area contributed by atoms with Crippen LogP contribution in [0.15, 0.2) is 0 Å². The Balaban J connectivity index is 2.65. The molecule has 0 amide bonds. The van der Waals surface area contributed by atoms with Crippen LogP contribution in [0.2, 0.25) is 0 Å². The van der Waals surface area contributed by atoms with Gasteiger partial charge in [0.2, 0.25) is 10.0 Å². The topological polar surface area (TPSA) is 70.0 Å². The lowest BCUT2D eigenvalue weighted by molar-refractivity contribution is 0.259. The summed E-state index contributed by atoms with van der Waals surface area (Å²) in [5.41, 5.74) is -0.860. The van der Waals surface area contributed by atoms with Crippen molar-refractivity contribution in [1.29, 1.82) is 5.26 Å². The molecule has 1 aliphatic rings. The molecule has 0 atom stereocenters. The maximum Gasteiger partial charge on any atom is 0.212 e. The van der Waals surface area contributed by atoms with Crippen LogP contribution < -0.4 is 4.72 Å². The minimum Gasteiger partial charge on any atom is -0.212 e. The second kappa shape index (κ2) is 6.71. The van der Waals surface area contributed by atoms with E-state index in [1.807, 2.05) is 13.8 Å². The number of nitrogens with zero attached hydrogens (tertiary/aromatic N) is 1. The van der Waals surface area contributed by atoms with E-state index >= 15 is 0 Å². The number of sulfonamides is 1. The largest absolute Gasteiger partial charge is 0.212 e. The van der Waals surface area contributed by atoms with E-state index in [1.165, 1.54) is 0 Å². The third kappa shape index (κ3) is 5.12. The molecule has 19 heavy (non-hydrogen) atoms. The Morgan fingerprint density at radius 1 is 1.37 bits per heavy atom. The molecule has 0 aromatic rings. The highest BCUT2D eigenvalue weighted by Crippen LogP contribution is 2.33. The molecule has 5 heteroatoms. The lowest BCUT2D eigenvalue weighted by Crippen LogP contribution is -2.50. The van der Waals surface area contributed by atoms with E-state index in [4.69, 9.17) is 0 Å². The predicted octanol–water partition coefficient (Wildman–Crippen LogP) is 2.81. The zero-order valence-electron chi connectivity index (χ0n) is 12.3. The molecule has 4 nitrogen and oxygen atoms in total. The number of nitrogens with one attached hydrogen (secondary N) is 1. The van der Waals surface area contributed by atoms with Gasteiger partial charge in [0.05, 0.1) is 11.8 Å². The molecule has 0 unspecified atom stereocenters. The van der Waals surface area contributed by atoms with Crippen molar-refractivity contribution in [3.05, 3.63) is 0 Å². The van der Waals surface area contributed by atoms with Crippen molar-refractivity contribution >= 4 is 10.0 Å². The smallest absolute Gasteiger partial charge is 0.212 e. The first-order chi connectivity index (χ1) is 8.82. The Bertz CT molecular complexity index is 415. The molecular weight excluding hydrogens is 260 g/mol. The van der Waals surface area contributed by atoms with Gasteiger partial charge in [0.15, 0.2) is 0 Å². The van der Waals surface area contributed by atoms with Crippen LogP contribution >= 0.6 is 0 Å². The van der Waals surface area contributed by atoms with Crippen molar-refractivity contribution in [3.8, 4) is 6.07 Å². The summed E-state index contributed by atoms with van der Waals surface area (Å²) in [5.74, 6) is 1.11. The Morgan fingerprint density at radius 2 is 1.95 bits per heavy atom. The molecule has 0 heterocycles. The van der Waals surface area contributed by atoms with Gasteiger partial charge in [0.25, 0.3) is 0 Å². The maximum absolute atomic E-state index is 12.1. The standard InChI is InChI=1S/C14H26N2O2S/c1-4-13-5-8-14(11-15,9-6-13)16-19(17,18)10-7-12(2)3/h12-13,16H,4-10H2,1-3H3. The summed E-state index contributed by atoms with van der Waals surface area (Å²) < 4.78 is 26.8. The Hall–Kier alpha value is -0.600. The molecule has 0 aliphatic heterocycles. The number of nitriles is 1. The summed E-state index contributed by atoms with van der Waals surface area (Å²) >= 11 is 0. The van der Waals surface area contributed by atoms with Gasteiger partial charge in [0, 0.05) is 0 Å². The highest BCUT2D eigenvalue weighted by molar-refractivity contribution is 7.89. The summed E-state index contributed by atoms with van der Waals surface area (Å²) in [6, 6.07) is 2.22. The minimum atomic E-state index is -3.34. The lowest BCUT2D eigenvalue weighted by atomic mass is 9.77. The van der Waals surface area contributed by atoms with Crippen molar-refractivity contribution in [1.82, 2.24) is 4.72 Å². The quantitative estimate of drug-likeness (QED) is 0.816. The number of hydrogen-bond donors (Lipinski definition) is 1. The van der Waals surface area contributed by atoms with Crippen molar-refractivity contribution in [2.24, 2.45) is 11.8 Å². The van der Waals surface area contributed by atoms with Gasteiger partial charge in [0.1, 0.15) is 5.54 Å². The van der Waals surface area contributed by atoms with Gasteiger partial charge in [-0.05, 0) is 43.9 Å². The third-order valence-corrected chi connectivity index (χ3v) is 5.54. The Labute approximate surface area is 117 Å². The highest BCUT2D eigenvalue weighted by atomic mass is 32.2. The zero-order chi connectivity index (χ0) is 14.5. The van der Waals surface area contributed by atoms with Crippen molar-refractivity contribution < 1.29 is 8.42 Å². The first-order valence-electron chi connectivity index (χ1n) is 7.25. The van der Waals surface area contributed by atoms with Crippen LogP contribution in [0.3, 0.4) is 0 Å². The molecule has 0 aromatic carbocycles. The Morgan fingerprint density at radius 3 is 2.37 bits per heavy atom. The lowest BCUT2D eigenvalue weighted by Gasteiger charge is -2.35. The normalized spacial score (nSPS) is 28.3. The molecule has 1 fully saturated rings. The van der Waals surface area contributed by atoms with Crippen LogP contribution in [0, 0.1) is 23.2 Å². The summed E-state index contributed by atoms with van der Waals surface area (Å²) in [5, 5.41) is 9.36. The second-order valence-electron chi connectivity index (χ2n) is 6.15. The van der Waals surface area contributed by atoms with Crippen LogP contribution in [0.4, 0.5) is 0 Å². The predicted molar refractivity (Wildman–Crippen MR) is 77.0 cm³/mol. The van der Waals surface area contributed by atoms with Gasteiger partial charge < -0.3 is 0 Å². The van der Waals surface area contributed by atoms with Gasteiger partial charge >= 0.3 is 0 Å². The van der Waals surface area contributed by atoms with E-state index in [-0.39, 0.29) is 5.75 Å². The molecule has 0 radical (unpaired) electrons. The fraction of sp³-hybridized carbons (Fsp3) is 0.929. The summed E-state index contributed by atoms with van der Waals surface area (Å²) in [7, 11) is -3.34. The molecule has 0 spiro atoms. The molecular formula is C14H26N2O2S. The van der Waals surface area contributed by atoms with Gasteiger partial charge in [-0.1, -0.05) is 27.2 Å². The highest BCUT2D eigenvalue weighted by Gasteiger charge is 2.38. The van der Waals surface area contributed by atoms with Crippen molar-refractivity contribution in [3.63, 3.8) is 0 Å². The van der Waals surface area contributed by atoms with Crippen LogP contribution in [-0.4, -0.2) is 19.7 Å². The average Bonchev–Trinajstić information content (AvgIpc) is 2.37. The average molecular weight is 286 g/mol. The van der Waals surface area contributed by atoms with E-state index in [1.54, 1.807) is 0 Å². The monoisotopic (exact) mass is 286 g/mol. The van der Waals surface area contributed by atoms with Gasteiger partial charge in [-0.15, -0.1) is 0 Å². The van der Waals surface area contributed by atoms with Crippen LogP contribution in [0.5, 0.6) is 0 Å². The molecule has 1 rings (SSSR count). The fourth-order valence-corrected chi connectivity index (χ4v) is 4.28. The van der Waals surface area contributed by atoms with E-state index < -0.39 is 15.6 Å². The zero-order valence-corrected chi connectivity index (χ0v) is 13.1. The van der Waals surface area contributed by atoms with E-state index in [0.717, 1.165) is 19.3 Å². The fourth-order valence-electron chi connectivity index (χ4n) is 2.55. The van der Waals surface area contributed by atoms with Gasteiger partial charge in [-0.25, -0.2) is 8.42 Å². The first-order valence-corrected chi connectivity index (χ1v) is 8.90. The van der Waals surface area contributed by atoms with E-state index in [0.29, 0.717) is 31.1 Å². The number of rotatable bonds is 6. The third-order valence-electron chi connectivity index (χ3n) is 4.06. The van der Waals surface area contributed by atoms with E-state index in [2.05, 4.69) is 17.7 Å². The minimum absolute atomic E-state index is 0.116. The van der Waals surface area contributed by atoms with Gasteiger partial charge in [-0.2, -0.15) is 9.98 Å².